The van der Waals surface area contributed by atoms with Crippen molar-refractivity contribution in [2.45, 2.75) is 6.42 Å². The molecule has 0 bridgehead atoms. The molecule has 74 valence electrons. The normalized spacial score (nSPS) is 10.4. The summed E-state index contributed by atoms with van der Waals surface area (Å²) in [6.45, 7) is 0. The van der Waals surface area contributed by atoms with Gasteiger partial charge in [0.2, 0.25) is 0 Å². The largest absolute Gasteiger partial charge is 0.497 e. The average Bonchev–Trinajstić information content (AvgIpc) is 2.19. The minimum atomic E-state index is -0.00910. The highest BCUT2D eigenvalue weighted by atomic mass is 35.5. The van der Waals surface area contributed by atoms with Gasteiger partial charge in [-0.15, -0.1) is 0 Å². The first-order valence-corrected chi connectivity index (χ1v) is 4.62. The molecule has 0 saturated carbocycles. The quantitative estimate of drug-likeness (QED) is 0.714. The van der Waals surface area contributed by atoms with Gasteiger partial charge in [0, 0.05) is 12.0 Å². The summed E-state index contributed by atoms with van der Waals surface area (Å²) in [5.41, 5.74) is 2.18. The average molecular weight is 211 g/mol. The van der Waals surface area contributed by atoms with Crippen LogP contribution in [-0.4, -0.2) is 12.9 Å². The van der Waals surface area contributed by atoms with E-state index in [1.165, 1.54) is 11.6 Å². The Morgan fingerprint density at radius 1 is 1.43 bits per heavy atom. The number of methoxy groups -OCH3 is 1. The molecule has 0 aliphatic rings. The van der Waals surface area contributed by atoms with E-state index in [2.05, 4.69) is 0 Å². The molecule has 1 rings (SSSR count). The lowest BCUT2D eigenvalue weighted by Crippen LogP contribution is -1.97. The summed E-state index contributed by atoms with van der Waals surface area (Å²) in [7, 11) is 1.61. The molecular weight excluding hydrogens is 200 g/mol. The van der Waals surface area contributed by atoms with E-state index < -0.39 is 0 Å². The third-order valence-corrected chi connectivity index (χ3v) is 1.91. The highest BCUT2D eigenvalue weighted by Crippen LogP contribution is 2.11. The highest BCUT2D eigenvalue weighted by molar-refractivity contribution is 6.26. The molecule has 1 aromatic rings. The molecule has 0 aliphatic heterocycles. The van der Waals surface area contributed by atoms with Crippen LogP contribution in [0.3, 0.4) is 0 Å². The predicted molar refractivity (Wildman–Crippen MR) is 56.7 cm³/mol. The highest BCUT2D eigenvalue weighted by Gasteiger charge is 1.99. The SMILES string of the molecule is COc1ccc(CC(=O)/C=C/Cl)cc1. The van der Waals surface area contributed by atoms with Crippen LogP contribution in [0.5, 0.6) is 5.75 Å². The van der Waals surface area contributed by atoms with Crippen molar-refractivity contribution < 1.29 is 9.53 Å². The fourth-order valence-corrected chi connectivity index (χ4v) is 1.21. The fraction of sp³-hybridized carbons (Fsp3) is 0.182. The first-order valence-electron chi connectivity index (χ1n) is 4.19. The number of hydrogen-bond acceptors (Lipinski definition) is 2. The first-order chi connectivity index (χ1) is 6.76. The van der Waals surface area contributed by atoms with Crippen LogP contribution in [-0.2, 0) is 11.2 Å². The molecule has 0 unspecified atom stereocenters. The molecule has 0 atom stereocenters. The molecule has 0 aromatic heterocycles. The number of ketones is 1. The summed E-state index contributed by atoms with van der Waals surface area (Å²) in [6.07, 6.45) is 1.72. The van der Waals surface area contributed by atoms with E-state index in [4.69, 9.17) is 16.3 Å². The number of allylic oxidation sites excluding steroid dienone is 1. The number of carbonyl (C=O) groups excluding carboxylic acids is 1. The van der Waals surface area contributed by atoms with Crippen molar-refractivity contribution in [2.24, 2.45) is 0 Å². The summed E-state index contributed by atoms with van der Waals surface area (Å²) >= 11 is 5.29. The maximum Gasteiger partial charge on any atom is 0.160 e. The van der Waals surface area contributed by atoms with Crippen molar-refractivity contribution in [3.8, 4) is 5.75 Å². The Hall–Kier alpha value is -1.28. The van der Waals surface area contributed by atoms with Crippen molar-refractivity contribution in [2.75, 3.05) is 7.11 Å². The topological polar surface area (TPSA) is 26.3 Å². The lowest BCUT2D eigenvalue weighted by atomic mass is 10.1. The maximum absolute atomic E-state index is 11.2. The molecule has 0 saturated heterocycles. The van der Waals surface area contributed by atoms with Crippen LogP contribution in [0.1, 0.15) is 5.56 Å². The lowest BCUT2D eigenvalue weighted by Gasteiger charge is -2.00. The van der Waals surface area contributed by atoms with E-state index in [1.807, 2.05) is 24.3 Å². The number of hydrogen-bond donors (Lipinski definition) is 0. The second-order valence-electron chi connectivity index (χ2n) is 2.78. The number of rotatable bonds is 4. The van der Waals surface area contributed by atoms with Crippen molar-refractivity contribution >= 4 is 17.4 Å². The van der Waals surface area contributed by atoms with Gasteiger partial charge in [-0.05, 0) is 23.8 Å². The lowest BCUT2D eigenvalue weighted by molar-refractivity contribution is -0.114. The Bertz CT molecular complexity index is 328. The summed E-state index contributed by atoms with van der Waals surface area (Å²) < 4.78 is 5.00. The minimum absolute atomic E-state index is 0.00910. The second-order valence-corrected chi connectivity index (χ2v) is 3.04. The van der Waals surface area contributed by atoms with E-state index in [1.54, 1.807) is 7.11 Å². The Morgan fingerprint density at radius 2 is 2.07 bits per heavy atom. The summed E-state index contributed by atoms with van der Waals surface area (Å²) in [5, 5.41) is 0. The van der Waals surface area contributed by atoms with E-state index in [9.17, 15) is 4.79 Å². The van der Waals surface area contributed by atoms with Gasteiger partial charge in [-0.2, -0.15) is 0 Å². The molecule has 3 heteroatoms. The molecule has 0 amide bonds. The van der Waals surface area contributed by atoms with Crippen LogP contribution < -0.4 is 4.74 Å². The Labute approximate surface area is 88.1 Å². The molecule has 0 N–H and O–H groups in total. The molecule has 0 fully saturated rings. The minimum Gasteiger partial charge on any atom is -0.497 e. The molecule has 0 spiro atoms. The van der Waals surface area contributed by atoms with E-state index in [0.29, 0.717) is 6.42 Å². The van der Waals surface area contributed by atoms with Crippen LogP contribution in [0.4, 0.5) is 0 Å². The van der Waals surface area contributed by atoms with Gasteiger partial charge in [0.25, 0.3) is 0 Å². The molecular formula is C11H11ClO2. The summed E-state index contributed by atoms with van der Waals surface area (Å²) in [4.78, 5) is 11.2. The molecule has 0 aliphatic carbocycles. The zero-order valence-electron chi connectivity index (χ0n) is 7.87. The van der Waals surface area contributed by atoms with Gasteiger partial charge in [0.1, 0.15) is 5.75 Å². The predicted octanol–water partition coefficient (Wildman–Crippen LogP) is 2.56. The van der Waals surface area contributed by atoms with Crippen LogP contribution in [0.15, 0.2) is 35.9 Å². The molecule has 1 aromatic carbocycles. The monoisotopic (exact) mass is 210 g/mol. The van der Waals surface area contributed by atoms with E-state index in [0.717, 1.165) is 11.3 Å². The first kappa shape index (κ1) is 10.8. The van der Waals surface area contributed by atoms with Gasteiger partial charge in [-0.25, -0.2) is 0 Å². The molecule has 0 radical (unpaired) electrons. The van der Waals surface area contributed by atoms with Crippen LogP contribution in [0.2, 0.25) is 0 Å². The van der Waals surface area contributed by atoms with E-state index in [-0.39, 0.29) is 5.78 Å². The fourth-order valence-electron chi connectivity index (χ4n) is 1.07. The number of ether oxygens (including phenoxy) is 1. The third kappa shape index (κ3) is 3.23. The van der Waals surface area contributed by atoms with Crippen molar-refractivity contribution in [1.82, 2.24) is 0 Å². The van der Waals surface area contributed by atoms with Gasteiger partial charge in [-0.3, -0.25) is 4.79 Å². The maximum atomic E-state index is 11.2. The van der Waals surface area contributed by atoms with Gasteiger partial charge < -0.3 is 4.74 Å². The van der Waals surface area contributed by atoms with Crippen LogP contribution >= 0.6 is 11.6 Å². The summed E-state index contributed by atoms with van der Waals surface area (Å²) in [6, 6.07) is 7.37. The van der Waals surface area contributed by atoms with Gasteiger partial charge in [-0.1, -0.05) is 23.7 Å². The zero-order chi connectivity index (χ0) is 10.4. The Balaban J connectivity index is 2.64. The molecule has 0 heterocycles. The number of carbonyl (C=O) groups is 1. The van der Waals surface area contributed by atoms with Crippen molar-refractivity contribution in [3.05, 3.63) is 41.4 Å². The number of benzene rings is 1. The second kappa shape index (κ2) is 5.45. The third-order valence-electron chi connectivity index (χ3n) is 1.79. The standard InChI is InChI=1S/C11H11ClO2/c1-14-11-4-2-9(3-5-11)8-10(13)6-7-12/h2-7H,8H2,1H3/b7-6+. The van der Waals surface area contributed by atoms with E-state index >= 15 is 0 Å². The molecule has 14 heavy (non-hydrogen) atoms. The van der Waals surface area contributed by atoms with Gasteiger partial charge in [0.15, 0.2) is 5.78 Å². The van der Waals surface area contributed by atoms with Gasteiger partial charge >= 0.3 is 0 Å². The Kier molecular flexibility index (Phi) is 4.20. The zero-order valence-corrected chi connectivity index (χ0v) is 8.62. The van der Waals surface area contributed by atoms with Gasteiger partial charge in [0.05, 0.1) is 7.11 Å². The van der Waals surface area contributed by atoms with Crippen LogP contribution in [0, 0.1) is 0 Å². The smallest absolute Gasteiger partial charge is 0.160 e. The summed E-state index contributed by atoms with van der Waals surface area (Å²) in [5.74, 6) is 0.777. The van der Waals surface area contributed by atoms with Crippen molar-refractivity contribution in [1.29, 1.82) is 0 Å². The Morgan fingerprint density at radius 3 is 2.57 bits per heavy atom. The molecule has 2 nitrogen and oxygen atoms in total. The van der Waals surface area contributed by atoms with Crippen LogP contribution in [0.25, 0.3) is 0 Å². The van der Waals surface area contributed by atoms with Crippen molar-refractivity contribution in [3.63, 3.8) is 0 Å². The number of halogens is 1.